The van der Waals surface area contributed by atoms with Gasteiger partial charge in [0.05, 0.1) is 0 Å². The van der Waals surface area contributed by atoms with Crippen LogP contribution in [0.25, 0.3) is 0 Å². The second-order valence-corrected chi connectivity index (χ2v) is 3.70. The fourth-order valence-corrected chi connectivity index (χ4v) is 1.67. The van der Waals surface area contributed by atoms with E-state index < -0.39 is 0 Å². The Hall–Kier alpha value is -0.820. The maximum absolute atomic E-state index is 8.89. The van der Waals surface area contributed by atoms with Crippen LogP contribution in [0.3, 0.4) is 0 Å². The monoisotopic (exact) mass is 162 g/mol. The molecule has 0 bridgehead atoms. The van der Waals surface area contributed by atoms with Crippen LogP contribution in [0.2, 0.25) is 0 Å². The number of aryl methyl sites for hydroxylation is 1. The lowest BCUT2D eigenvalue weighted by Gasteiger charge is -1.98. The van der Waals surface area contributed by atoms with Crippen LogP contribution in [-0.4, -0.2) is 11.7 Å². The summed E-state index contributed by atoms with van der Waals surface area (Å²) in [4.78, 5) is 0. The molecule has 0 aliphatic heterocycles. The van der Waals surface area contributed by atoms with Crippen molar-refractivity contribution in [2.24, 2.45) is 5.92 Å². The van der Waals surface area contributed by atoms with Crippen LogP contribution < -0.4 is 0 Å². The van der Waals surface area contributed by atoms with Gasteiger partial charge in [-0.05, 0) is 30.7 Å². The van der Waals surface area contributed by atoms with Crippen molar-refractivity contribution in [3.63, 3.8) is 0 Å². The van der Waals surface area contributed by atoms with Gasteiger partial charge < -0.3 is 5.11 Å². The van der Waals surface area contributed by atoms with Crippen LogP contribution >= 0.6 is 0 Å². The molecule has 64 valence electrons. The first-order valence-corrected chi connectivity index (χ1v) is 4.48. The molecular formula is C11H14O. The molecule has 0 saturated heterocycles. The molecule has 1 aliphatic rings. The topological polar surface area (TPSA) is 20.2 Å². The number of hydrogen-bond acceptors (Lipinski definition) is 1. The van der Waals surface area contributed by atoms with Gasteiger partial charge in [0.15, 0.2) is 0 Å². The predicted molar refractivity (Wildman–Crippen MR) is 49.1 cm³/mol. The molecule has 0 radical (unpaired) electrons. The highest BCUT2D eigenvalue weighted by Gasteiger charge is 2.37. The lowest BCUT2D eigenvalue weighted by Crippen LogP contribution is -1.88. The summed E-state index contributed by atoms with van der Waals surface area (Å²) in [5.74, 6) is 1.17. The summed E-state index contributed by atoms with van der Waals surface area (Å²) in [6.45, 7) is 2.44. The first kappa shape index (κ1) is 7.81. The molecule has 0 spiro atoms. The standard InChI is InChI=1S/C11H14O/c1-8-2-4-9(5-3-8)11-6-10(11)7-12/h2-5,10-12H,6-7H2,1H3/t10-,11-/m1/s1. The van der Waals surface area contributed by atoms with E-state index in [0.717, 1.165) is 0 Å². The molecule has 1 aromatic carbocycles. The molecule has 1 N–H and O–H groups in total. The summed E-state index contributed by atoms with van der Waals surface area (Å²) in [5.41, 5.74) is 2.69. The molecule has 12 heavy (non-hydrogen) atoms. The molecule has 1 nitrogen and oxygen atoms in total. The SMILES string of the molecule is Cc1ccc([C@H]2C[C@@H]2CO)cc1. The summed E-state index contributed by atoms with van der Waals surface area (Å²) in [6.07, 6.45) is 1.17. The Kier molecular flexibility index (Phi) is 1.89. The van der Waals surface area contributed by atoms with Gasteiger partial charge in [0.25, 0.3) is 0 Å². The van der Waals surface area contributed by atoms with Gasteiger partial charge in [0.1, 0.15) is 0 Å². The molecule has 0 heterocycles. The Bertz CT molecular complexity index is 263. The normalized spacial score (nSPS) is 27.2. The molecular weight excluding hydrogens is 148 g/mol. The summed E-state index contributed by atoms with van der Waals surface area (Å²) >= 11 is 0. The first-order chi connectivity index (χ1) is 5.81. The van der Waals surface area contributed by atoms with E-state index in [-0.39, 0.29) is 0 Å². The molecule has 0 unspecified atom stereocenters. The van der Waals surface area contributed by atoms with E-state index in [9.17, 15) is 0 Å². The highest BCUT2D eigenvalue weighted by Crippen LogP contribution is 2.46. The van der Waals surface area contributed by atoms with E-state index >= 15 is 0 Å². The minimum Gasteiger partial charge on any atom is -0.396 e. The number of benzene rings is 1. The third-order valence-electron chi connectivity index (χ3n) is 2.66. The number of hydrogen-bond donors (Lipinski definition) is 1. The van der Waals surface area contributed by atoms with Crippen molar-refractivity contribution in [3.8, 4) is 0 Å². The Labute approximate surface area is 73.0 Å². The molecule has 2 rings (SSSR count). The largest absolute Gasteiger partial charge is 0.396 e. The molecule has 1 heteroatoms. The second kappa shape index (κ2) is 2.91. The van der Waals surface area contributed by atoms with Crippen molar-refractivity contribution in [1.29, 1.82) is 0 Å². The summed E-state index contributed by atoms with van der Waals surface area (Å²) in [7, 11) is 0. The summed E-state index contributed by atoms with van der Waals surface area (Å²) in [5, 5.41) is 8.89. The van der Waals surface area contributed by atoms with Crippen molar-refractivity contribution >= 4 is 0 Å². The van der Waals surface area contributed by atoms with Gasteiger partial charge in [-0.1, -0.05) is 29.8 Å². The van der Waals surface area contributed by atoms with Gasteiger partial charge in [-0.15, -0.1) is 0 Å². The third kappa shape index (κ3) is 1.37. The average molecular weight is 162 g/mol. The number of aliphatic hydroxyl groups excluding tert-OH is 1. The van der Waals surface area contributed by atoms with E-state index in [1.807, 2.05) is 0 Å². The van der Waals surface area contributed by atoms with Crippen molar-refractivity contribution in [2.45, 2.75) is 19.3 Å². The van der Waals surface area contributed by atoms with Crippen molar-refractivity contribution in [2.75, 3.05) is 6.61 Å². The maximum Gasteiger partial charge on any atom is 0.0465 e. The minimum absolute atomic E-state index is 0.346. The third-order valence-corrected chi connectivity index (χ3v) is 2.66. The van der Waals surface area contributed by atoms with Crippen LogP contribution in [0.15, 0.2) is 24.3 Å². The van der Waals surface area contributed by atoms with E-state index in [0.29, 0.717) is 18.4 Å². The fourth-order valence-electron chi connectivity index (χ4n) is 1.67. The van der Waals surface area contributed by atoms with E-state index in [1.165, 1.54) is 17.5 Å². The summed E-state index contributed by atoms with van der Waals surface area (Å²) in [6, 6.07) is 8.63. The van der Waals surface area contributed by atoms with E-state index in [4.69, 9.17) is 5.11 Å². The van der Waals surface area contributed by atoms with E-state index in [1.54, 1.807) is 0 Å². The Balaban J connectivity index is 2.10. The van der Waals surface area contributed by atoms with Gasteiger partial charge in [-0.2, -0.15) is 0 Å². The Morgan fingerprint density at radius 1 is 1.33 bits per heavy atom. The average Bonchev–Trinajstić information content (AvgIpc) is 2.85. The maximum atomic E-state index is 8.89. The molecule has 1 aliphatic carbocycles. The van der Waals surface area contributed by atoms with Crippen LogP contribution in [0.4, 0.5) is 0 Å². The van der Waals surface area contributed by atoms with Gasteiger partial charge in [0.2, 0.25) is 0 Å². The second-order valence-electron chi connectivity index (χ2n) is 3.70. The fraction of sp³-hybridized carbons (Fsp3) is 0.455. The van der Waals surface area contributed by atoms with Crippen molar-refractivity contribution < 1.29 is 5.11 Å². The van der Waals surface area contributed by atoms with Gasteiger partial charge in [0, 0.05) is 6.61 Å². The smallest absolute Gasteiger partial charge is 0.0465 e. The van der Waals surface area contributed by atoms with E-state index in [2.05, 4.69) is 31.2 Å². The van der Waals surface area contributed by atoms with Crippen LogP contribution in [0.5, 0.6) is 0 Å². The van der Waals surface area contributed by atoms with Gasteiger partial charge in [-0.3, -0.25) is 0 Å². The molecule has 0 aromatic heterocycles. The minimum atomic E-state index is 0.346. The molecule has 1 saturated carbocycles. The zero-order valence-corrected chi connectivity index (χ0v) is 7.33. The molecule has 2 atom stereocenters. The number of aliphatic hydroxyl groups is 1. The Morgan fingerprint density at radius 2 is 2.00 bits per heavy atom. The molecule has 1 aromatic rings. The predicted octanol–water partition coefficient (Wildman–Crippen LogP) is 2.09. The van der Waals surface area contributed by atoms with Gasteiger partial charge >= 0.3 is 0 Å². The highest BCUT2D eigenvalue weighted by molar-refractivity contribution is 5.28. The lowest BCUT2D eigenvalue weighted by atomic mass is 10.1. The van der Waals surface area contributed by atoms with Crippen molar-refractivity contribution in [3.05, 3.63) is 35.4 Å². The zero-order valence-electron chi connectivity index (χ0n) is 7.33. The number of rotatable bonds is 2. The lowest BCUT2D eigenvalue weighted by molar-refractivity contribution is 0.274. The summed E-state index contributed by atoms with van der Waals surface area (Å²) < 4.78 is 0. The van der Waals surface area contributed by atoms with Crippen molar-refractivity contribution in [1.82, 2.24) is 0 Å². The highest BCUT2D eigenvalue weighted by atomic mass is 16.3. The van der Waals surface area contributed by atoms with Gasteiger partial charge in [-0.25, -0.2) is 0 Å². The van der Waals surface area contributed by atoms with Crippen LogP contribution in [0, 0.1) is 12.8 Å². The first-order valence-electron chi connectivity index (χ1n) is 4.48. The van der Waals surface area contributed by atoms with Crippen LogP contribution in [0.1, 0.15) is 23.5 Å². The molecule has 1 fully saturated rings. The molecule has 0 amide bonds. The Morgan fingerprint density at radius 3 is 2.50 bits per heavy atom. The quantitative estimate of drug-likeness (QED) is 0.706. The van der Waals surface area contributed by atoms with Crippen LogP contribution in [-0.2, 0) is 0 Å². The zero-order chi connectivity index (χ0) is 8.55.